The predicted octanol–water partition coefficient (Wildman–Crippen LogP) is 1.32. The molecule has 3 N–H and O–H groups in total. The summed E-state index contributed by atoms with van der Waals surface area (Å²) in [5, 5.41) is 13.1. The minimum atomic E-state index is -0.369. The quantitative estimate of drug-likeness (QED) is 0.810. The van der Waals surface area contributed by atoms with E-state index in [1.165, 1.54) is 0 Å². The first kappa shape index (κ1) is 15.1. The van der Waals surface area contributed by atoms with Gasteiger partial charge < -0.3 is 15.6 Å². The van der Waals surface area contributed by atoms with Crippen LogP contribution in [0.1, 0.15) is 22.5 Å². The summed E-state index contributed by atoms with van der Waals surface area (Å²) < 4.78 is 6.75. The summed E-state index contributed by atoms with van der Waals surface area (Å²) in [4.78, 5) is 11.8. The Labute approximate surface area is 123 Å². The van der Waals surface area contributed by atoms with Crippen molar-refractivity contribution in [3.63, 3.8) is 0 Å². The van der Waals surface area contributed by atoms with Crippen molar-refractivity contribution >= 4 is 11.7 Å². The summed E-state index contributed by atoms with van der Waals surface area (Å²) in [5.41, 5.74) is 9.57. The Hall–Kier alpha value is -2.34. The number of hydrogen-bond acceptors (Lipinski definition) is 5. The van der Waals surface area contributed by atoms with Crippen LogP contribution in [0.3, 0.4) is 0 Å². The number of esters is 1. The van der Waals surface area contributed by atoms with Gasteiger partial charge in [0.2, 0.25) is 0 Å². The largest absolute Gasteiger partial charge is 0.459 e. The number of nitrogen functional groups attached to an aromatic ring is 1. The Morgan fingerprint density at radius 2 is 1.90 bits per heavy atom. The van der Waals surface area contributed by atoms with E-state index in [1.807, 2.05) is 19.1 Å². The molecule has 2 aromatic rings. The van der Waals surface area contributed by atoms with E-state index in [9.17, 15) is 4.79 Å². The van der Waals surface area contributed by atoms with Crippen LogP contribution in [-0.2, 0) is 29.3 Å². The van der Waals surface area contributed by atoms with Crippen LogP contribution >= 0.6 is 0 Å². The van der Waals surface area contributed by atoms with Crippen molar-refractivity contribution in [3.8, 4) is 0 Å². The SMILES string of the molecule is Cc1nn(CC(=O)OCc2ccc(CO)cc2)c(C)c1N. The van der Waals surface area contributed by atoms with Crippen molar-refractivity contribution in [1.29, 1.82) is 0 Å². The van der Waals surface area contributed by atoms with Crippen LogP contribution in [0.15, 0.2) is 24.3 Å². The fourth-order valence-electron chi connectivity index (χ4n) is 1.94. The highest BCUT2D eigenvalue weighted by molar-refractivity contribution is 5.69. The molecule has 1 heterocycles. The second kappa shape index (κ2) is 6.41. The van der Waals surface area contributed by atoms with E-state index in [4.69, 9.17) is 15.6 Å². The van der Waals surface area contributed by atoms with Gasteiger partial charge in [0.15, 0.2) is 0 Å². The second-order valence-corrected chi connectivity index (χ2v) is 4.88. The van der Waals surface area contributed by atoms with Crippen LogP contribution in [0, 0.1) is 13.8 Å². The lowest BCUT2D eigenvalue weighted by Gasteiger charge is -2.07. The summed E-state index contributed by atoms with van der Waals surface area (Å²) >= 11 is 0. The Bertz CT molecular complexity index is 632. The number of aromatic nitrogens is 2. The van der Waals surface area contributed by atoms with E-state index in [0.717, 1.165) is 16.8 Å². The number of carbonyl (C=O) groups is 1. The first-order valence-corrected chi connectivity index (χ1v) is 6.65. The standard InChI is InChI=1S/C15H19N3O3/c1-10-15(16)11(2)18(17-10)7-14(20)21-9-13-5-3-12(8-19)4-6-13/h3-6,19H,7-9,16H2,1-2H3. The average molecular weight is 289 g/mol. The summed E-state index contributed by atoms with van der Waals surface area (Å²) in [6.07, 6.45) is 0. The molecule has 0 aliphatic heterocycles. The Morgan fingerprint density at radius 1 is 1.29 bits per heavy atom. The van der Waals surface area contributed by atoms with Gasteiger partial charge in [0, 0.05) is 0 Å². The number of aliphatic hydroxyl groups excluding tert-OH is 1. The van der Waals surface area contributed by atoms with E-state index >= 15 is 0 Å². The van der Waals surface area contributed by atoms with Gasteiger partial charge in [0.1, 0.15) is 13.2 Å². The van der Waals surface area contributed by atoms with Crippen LogP contribution in [0.4, 0.5) is 5.69 Å². The predicted molar refractivity (Wildman–Crippen MR) is 78.3 cm³/mol. The number of ether oxygens (including phenoxy) is 1. The molecule has 112 valence electrons. The van der Waals surface area contributed by atoms with Crippen LogP contribution in [0.2, 0.25) is 0 Å². The number of anilines is 1. The zero-order valence-corrected chi connectivity index (χ0v) is 12.2. The van der Waals surface area contributed by atoms with Crippen molar-refractivity contribution in [2.45, 2.75) is 33.6 Å². The third-order valence-electron chi connectivity index (χ3n) is 3.32. The molecule has 0 fully saturated rings. The van der Waals surface area contributed by atoms with Gasteiger partial charge in [-0.15, -0.1) is 0 Å². The Balaban J connectivity index is 1.91. The topological polar surface area (TPSA) is 90.4 Å². The summed E-state index contributed by atoms with van der Waals surface area (Å²) in [6.45, 7) is 3.85. The maximum absolute atomic E-state index is 11.8. The molecule has 1 aromatic heterocycles. The maximum Gasteiger partial charge on any atom is 0.328 e. The molecule has 6 nitrogen and oxygen atoms in total. The van der Waals surface area contributed by atoms with Gasteiger partial charge in [-0.25, -0.2) is 0 Å². The molecule has 1 aromatic carbocycles. The van der Waals surface area contributed by atoms with Gasteiger partial charge in [-0.1, -0.05) is 24.3 Å². The van der Waals surface area contributed by atoms with E-state index in [0.29, 0.717) is 11.4 Å². The molecule has 0 aliphatic carbocycles. The highest BCUT2D eigenvalue weighted by atomic mass is 16.5. The van der Waals surface area contributed by atoms with Crippen LogP contribution in [0.25, 0.3) is 0 Å². The number of benzene rings is 1. The van der Waals surface area contributed by atoms with Gasteiger partial charge in [0.05, 0.1) is 23.7 Å². The van der Waals surface area contributed by atoms with E-state index < -0.39 is 0 Å². The lowest BCUT2D eigenvalue weighted by atomic mass is 10.1. The smallest absolute Gasteiger partial charge is 0.328 e. The minimum Gasteiger partial charge on any atom is -0.459 e. The molecule has 0 spiro atoms. The fourth-order valence-corrected chi connectivity index (χ4v) is 1.94. The second-order valence-electron chi connectivity index (χ2n) is 4.88. The Morgan fingerprint density at radius 3 is 2.43 bits per heavy atom. The van der Waals surface area contributed by atoms with Crippen molar-refractivity contribution in [2.24, 2.45) is 0 Å². The van der Waals surface area contributed by atoms with E-state index in [1.54, 1.807) is 23.7 Å². The minimum absolute atomic E-state index is 0.000579. The van der Waals surface area contributed by atoms with Gasteiger partial charge in [-0.2, -0.15) is 5.10 Å². The summed E-state index contributed by atoms with van der Waals surface area (Å²) in [7, 11) is 0. The molecular formula is C15H19N3O3. The highest BCUT2D eigenvalue weighted by Gasteiger charge is 2.12. The molecule has 0 atom stereocenters. The first-order chi connectivity index (χ1) is 10.0. The molecule has 0 bridgehead atoms. The fraction of sp³-hybridized carbons (Fsp3) is 0.333. The molecule has 0 radical (unpaired) electrons. The number of nitrogens with two attached hydrogens (primary N) is 1. The average Bonchev–Trinajstić information content (AvgIpc) is 2.73. The maximum atomic E-state index is 11.8. The third-order valence-corrected chi connectivity index (χ3v) is 3.32. The number of aryl methyl sites for hydroxylation is 1. The third kappa shape index (κ3) is 3.61. The number of nitrogens with zero attached hydrogens (tertiary/aromatic N) is 2. The summed E-state index contributed by atoms with van der Waals surface area (Å²) in [6, 6.07) is 7.23. The van der Waals surface area contributed by atoms with Gasteiger partial charge in [-0.05, 0) is 25.0 Å². The van der Waals surface area contributed by atoms with Crippen molar-refractivity contribution < 1.29 is 14.6 Å². The molecular weight excluding hydrogens is 270 g/mol. The number of carbonyl (C=O) groups excluding carboxylic acids is 1. The zero-order chi connectivity index (χ0) is 15.4. The van der Waals surface area contributed by atoms with Crippen LogP contribution in [-0.4, -0.2) is 20.9 Å². The van der Waals surface area contributed by atoms with Crippen molar-refractivity contribution in [3.05, 3.63) is 46.8 Å². The van der Waals surface area contributed by atoms with Gasteiger partial charge >= 0.3 is 5.97 Å². The molecule has 0 saturated carbocycles. The number of rotatable bonds is 5. The summed E-state index contributed by atoms with van der Waals surface area (Å²) in [5.74, 6) is -0.369. The van der Waals surface area contributed by atoms with Gasteiger partial charge in [0.25, 0.3) is 0 Å². The number of aliphatic hydroxyl groups is 1. The van der Waals surface area contributed by atoms with E-state index in [-0.39, 0.29) is 25.7 Å². The first-order valence-electron chi connectivity index (χ1n) is 6.65. The molecule has 0 amide bonds. The zero-order valence-electron chi connectivity index (χ0n) is 12.2. The van der Waals surface area contributed by atoms with E-state index in [2.05, 4.69) is 5.10 Å². The molecule has 0 unspecified atom stereocenters. The van der Waals surface area contributed by atoms with Crippen LogP contribution < -0.4 is 5.73 Å². The normalized spacial score (nSPS) is 10.6. The lowest BCUT2D eigenvalue weighted by molar-refractivity contribution is -0.145. The molecule has 0 aliphatic rings. The van der Waals surface area contributed by atoms with Crippen LogP contribution in [0.5, 0.6) is 0 Å². The Kier molecular flexibility index (Phi) is 4.59. The molecule has 6 heteroatoms. The monoisotopic (exact) mass is 289 g/mol. The lowest BCUT2D eigenvalue weighted by Crippen LogP contribution is -2.15. The molecule has 21 heavy (non-hydrogen) atoms. The molecule has 2 rings (SSSR count). The molecule has 0 saturated heterocycles. The van der Waals surface area contributed by atoms with Gasteiger partial charge in [-0.3, -0.25) is 9.48 Å². The van der Waals surface area contributed by atoms with Crippen molar-refractivity contribution in [2.75, 3.05) is 5.73 Å². The van der Waals surface area contributed by atoms with Crippen molar-refractivity contribution in [1.82, 2.24) is 9.78 Å². The highest BCUT2D eigenvalue weighted by Crippen LogP contribution is 2.14. The number of hydrogen-bond donors (Lipinski definition) is 2.